The number of benzene rings is 2. The summed E-state index contributed by atoms with van der Waals surface area (Å²) in [6.45, 7) is 2.01. The van der Waals surface area contributed by atoms with Crippen LogP contribution in [0.25, 0.3) is 11.1 Å². The number of nitrogens with one attached hydrogen (secondary N) is 1. The quantitative estimate of drug-likeness (QED) is 0.396. The molecule has 2 aromatic carbocycles. The Hall–Kier alpha value is -2.77. The molecule has 1 unspecified atom stereocenters. The zero-order chi connectivity index (χ0) is 22.9. The van der Waals surface area contributed by atoms with Crippen LogP contribution in [0, 0.1) is 6.92 Å². The fraction of sp³-hybridized carbons (Fsp3) is 0.240. The van der Waals surface area contributed by atoms with Crippen LogP contribution in [0.15, 0.2) is 71.9 Å². The second-order valence-electron chi connectivity index (χ2n) is 7.32. The Bertz CT molecular complexity index is 1070. The number of aromatic nitrogens is 1. The molecule has 0 fully saturated rings. The Balaban J connectivity index is 1.91. The number of aryl methyl sites for hydroxylation is 1. The molecule has 1 heterocycles. The Morgan fingerprint density at radius 3 is 2.59 bits per heavy atom. The number of carbonyl (C=O) groups is 2. The molecule has 0 saturated carbocycles. The van der Waals surface area contributed by atoms with E-state index in [-0.39, 0.29) is 5.91 Å². The lowest BCUT2D eigenvalue weighted by Gasteiger charge is -2.17. The predicted molar refractivity (Wildman–Crippen MR) is 132 cm³/mol. The number of rotatable bonds is 10. The first-order valence-electron chi connectivity index (χ1n) is 10.2. The van der Waals surface area contributed by atoms with Crippen molar-refractivity contribution < 1.29 is 14.7 Å². The molecule has 0 bridgehead atoms. The van der Waals surface area contributed by atoms with E-state index in [0.717, 1.165) is 32.9 Å². The lowest BCUT2D eigenvalue weighted by atomic mass is 9.94. The molecule has 3 rings (SSSR count). The normalized spacial score (nSPS) is 11.7. The number of carboxylic acids is 1. The maximum Gasteiger partial charge on any atom is 0.326 e. The van der Waals surface area contributed by atoms with Gasteiger partial charge in [-0.2, -0.15) is 11.8 Å². The molecule has 0 aliphatic carbocycles. The smallest absolute Gasteiger partial charge is 0.326 e. The second kappa shape index (κ2) is 11.7. The van der Waals surface area contributed by atoms with E-state index >= 15 is 0 Å². The summed E-state index contributed by atoms with van der Waals surface area (Å²) in [4.78, 5) is 30.0. The maximum absolute atomic E-state index is 13.1. The molecule has 32 heavy (non-hydrogen) atoms. The van der Waals surface area contributed by atoms with Gasteiger partial charge in [0.1, 0.15) is 6.04 Å². The molecule has 0 radical (unpaired) electrons. The molecule has 0 saturated heterocycles. The third-order valence-corrected chi connectivity index (χ3v) is 6.71. The van der Waals surface area contributed by atoms with Crippen LogP contribution < -0.4 is 5.32 Å². The largest absolute Gasteiger partial charge is 0.480 e. The van der Waals surface area contributed by atoms with Gasteiger partial charge >= 0.3 is 5.97 Å². The summed E-state index contributed by atoms with van der Waals surface area (Å²) in [5.74, 6) is 0.00205. The molecule has 1 atom stereocenters. The van der Waals surface area contributed by atoms with Gasteiger partial charge in [0.2, 0.25) is 0 Å². The van der Waals surface area contributed by atoms with Crippen molar-refractivity contribution in [3.05, 3.63) is 83.7 Å². The van der Waals surface area contributed by atoms with Gasteiger partial charge in [-0.05, 0) is 71.9 Å². The Morgan fingerprint density at radius 1 is 1.09 bits per heavy atom. The highest BCUT2D eigenvalue weighted by Crippen LogP contribution is 2.30. The maximum atomic E-state index is 13.1. The summed E-state index contributed by atoms with van der Waals surface area (Å²) in [6, 6.07) is 16.7. The summed E-state index contributed by atoms with van der Waals surface area (Å²) >= 11 is 3.23. The highest BCUT2D eigenvalue weighted by atomic mass is 32.2. The summed E-state index contributed by atoms with van der Waals surface area (Å²) in [5, 5.41) is 12.2. The molecule has 7 heteroatoms. The number of pyridine rings is 1. The van der Waals surface area contributed by atoms with Gasteiger partial charge < -0.3 is 10.4 Å². The molecule has 3 aromatic rings. The van der Waals surface area contributed by atoms with Crippen molar-refractivity contribution in [2.75, 3.05) is 12.0 Å². The minimum atomic E-state index is -1.02. The monoisotopic (exact) mass is 466 g/mol. The minimum absolute atomic E-state index is 0.372. The van der Waals surface area contributed by atoms with E-state index < -0.39 is 12.0 Å². The van der Waals surface area contributed by atoms with E-state index in [1.54, 1.807) is 35.8 Å². The SMILES string of the molecule is CSCCC(NC(=O)c1ccc(CSc2cccnc2)cc1-c1ccccc1C)C(=O)O. The molecular weight excluding hydrogens is 440 g/mol. The van der Waals surface area contributed by atoms with Gasteiger partial charge in [-0.15, -0.1) is 11.8 Å². The number of aliphatic carboxylic acids is 1. The lowest BCUT2D eigenvalue weighted by molar-refractivity contribution is -0.139. The summed E-state index contributed by atoms with van der Waals surface area (Å²) in [7, 11) is 0. The first-order valence-corrected chi connectivity index (χ1v) is 12.6. The molecule has 166 valence electrons. The van der Waals surface area contributed by atoms with Crippen molar-refractivity contribution in [1.29, 1.82) is 0 Å². The molecule has 0 spiro atoms. The molecule has 1 aromatic heterocycles. The highest BCUT2D eigenvalue weighted by Gasteiger charge is 2.22. The minimum Gasteiger partial charge on any atom is -0.480 e. The van der Waals surface area contributed by atoms with Crippen molar-refractivity contribution in [2.45, 2.75) is 30.0 Å². The fourth-order valence-electron chi connectivity index (χ4n) is 3.31. The average molecular weight is 467 g/mol. The highest BCUT2D eigenvalue weighted by molar-refractivity contribution is 7.98. The lowest BCUT2D eigenvalue weighted by Crippen LogP contribution is -2.41. The van der Waals surface area contributed by atoms with Gasteiger partial charge in [-0.25, -0.2) is 4.79 Å². The zero-order valence-electron chi connectivity index (χ0n) is 18.1. The van der Waals surface area contributed by atoms with E-state index in [2.05, 4.69) is 10.3 Å². The van der Waals surface area contributed by atoms with Crippen LogP contribution in [-0.2, 0) is 10.5 Å². The summed E-state index contributed by atoms with van der Waals surface area (Å²) in [6.07, 6.45) is 5.87. The number of hydrogen-bond acceptors (Lipinski definition) is 5. The van der Waals surface area contributed by atoms with Crippen LogP contribution in [0.4, 0.5) is 0 Å². The number of carboxylic acid groups (broad SMARTS) is 1. The van der Waals surface area contributed by atoms with Crippen LogP contribution in [0.5, 0.6) is 0 Å². The molecule has 2 N–H and O–H groups in total. The molecule has 0 aliphatic heterocycles. The van der Waals surface area contributed by atoms with Crippen molar-refractivity contribution in [3.63, 3.8) is 0 Å². The van der Waals surface area contributed by atoms with E-state index in [0.29, 0.717) is 17.7 Å². The second-order valence-corrected chi connectivity index (χ2v) is 9.35. The number of amides is 1. The average Bonchev–Trinajstić information content (AvgIpc) is 2.81. The third kappa shape index (κ3) is 6.37. The summed E-state index contributed by atoms with van der Waals surface area (Å²) in [5.41, 5.74) is 4.37. The predicted octanol–water partition coefficient (Wildman–Crippen LogP) is 5.29. The fourth-order valence-corrected chi connectivity index (χ4v) is 4.60. The van der Waals surface area contributed by atoms with Gasteiger partial charge in [0, 0.05) is 28.6 Å². The first-order chi connectivity index (χ1) is 15.5. The van der Waals surface area contributed by atoms with Crippen LogP contribution in [0.3, 0.4) is 0 Å². The standard InChI is InChI=1S/C25H26N2O3S2/c1-17-6-3-4-8-20(17)22-14-18(16-32-19-7-5-12-26-15-19)9-10-21(22)24(28)27-23(25(29)30)11-13-31-2/h3-10,12,14-15,23H,11,13,16H2,1-2H3,(H,27,28)(H,29,30). The van der Waals surface area contributed by atoms with Gasteiger partial charge in [0.05, 0.1) is 0 Å². The van der Waals surface area contributed by atoms with Crippen LogP contribution in [-0.4, -0.2) is 40.0 Å². The number of thioether (sulfide) groups is 2. The van der Waals surface area contributed by atoms with E-state index in [9.17, 15) is 14.7 Å². The molecule has 0 aliphatic rings. The number of hydrogen-bond donors (Lipinski definition) is 2. The van der Waals surface area contributed by atoms with Crippen molar-refractivity contribution in [3.8, 4) is 11.1 Å². The van der Waals surface area contributed by atoms with E-state index in [4.69, 9.17) is 0 Å². The van der Waals surface area contributed by atoms with Gasteiger partial charge in [-0.1, -0.05) is 30.3 Å². The van der Waals surface area contributed by atoms with Gasteiger partial charge in [0.25, 0.3) is 5.91 Å². The van der Waals surface area contributed by atoms with Gasteiger partial charge in [0.15, 0.2) is 0 Å². The van der Waals surface area contributed by atoms with Crippen molar-refractivity contribution in [1.82, 2.24) is 10.3 Å². The molecule has 5 nitrogen and oxygen atoms in total. The third-order valence-electron chi connectivity index (χ3n) is 5.02. The zero-order valence-corrected chi connectivity index (χ0v) is 19.7. The Kier molecular flexibility index (Phi) is 8.76. The molecular formula is C25H26N2O3S2. The van der Waals surface area contributed by atoms with Crippen LogP contribution in [0.2, 0.25) is 0 Å². The first kappa shape index (κ1) is 23.9. The Morgan fingerprint density at radius 2 is 1.91 bits per heavy atom. The van der Waals surface area contributed by atoms with E-state index in [1.807, 2.05) is 67.9 Å². The van der Waals surface area contributed by atoms with Gasteiger partial charge in [-0.3, -0.25) is 9.78 Å². The van der Waals surface area contributed by atoms with Crippen molar-refractivity contribution >= 4 is 35.4 Å². The molecule has 1 amide bonds. The van der Waals surface area contributed by atoms with Crippen molar-refractivity contribution in [2.24, 2.45) is 0 Å². The van der Waals surface area contributed by atoms with Crippen LogP contribution >= 0.6 is 23.5 Å². The Labute approximate surface area is 197 Å². The number of carbonyl (C=O) groups excluding carboxylic acids is 1. The number of nitrogens with zero attached hydrogens (tertiary/aromatic N) is 1. The van der Waals surface area contributed by atoms with E-state index in [1.165, 1.54) is 0 Å². The van der Waals surface area contributed by atoms with Crippen LogP contribution in [0.1, 0.15) is 27.9 Å². The topological polar surface area (TPSA) is 79.3 Å². The summed E-state index contributed by atoms with van der Waals surface area (Å²) < 4.78 is 0.